The van der Waals surface area contributed by atoms with Crippen molar-refractivity contribution in [3.8, 4) is 0 Å². The quantitative estimate of drug-likeness (QED) is 0.363. The minimum atomic E-state index is -4.08. The van der Waals surface area contributed by atoms with Crippen molar-refractivity contribution >= 4 is 16.1 Å². The zero-order valence-corrected chi connectivity index (χ0v) is 22.0. The molecular formula is C28H30F3N3O4S. The van der Waals surface area contributed by atoms with Crippen LogP contribution in [-0.4, -0.2) is 63.6 Å². The molecular weight excluding hydrogens is 531 g/mol. The lowest BCUT2D eigenvalue weighted by molar-refractivity contribution is 0.0736. The van der Waals surface area contributed by atoms with Crippen molar-refractivity contribution in [3.63, 3.8) is 0 Å². The van der Waals surface area contributed by atoms with Crippen LogP contribution < -0.4 is 4.72 Å². The van der Waals surface area contributed by atoms with E-state index in [0.29, 0.717) is 32.8 Å². The second-order valence-electron chi connectivity index (χ2n) is 9.25. The number of nitrogens with zero attached hydrogens (tertiary/aromatic N) is 2. The lowest BCUT2D eigenvalue weighted by atomic mass is 10.0. The first-order valence-electron chi connectivity index (χ1n) is 12.6. The third-order valence-corrected chi connectivity index (χ3v) is 7.84. The van der Waals surface area contributed by atoms with Crippen LogP contribution in [0.2, 0.25) is 0 Å². The van der Waals surface area contributed by atoms with E-state index in [0.717, 1.165) is 54.8 Å². The number of urea groups is 1. The summed E-state index contributed by atoms with van der Waals surface area (Å²) in [7, 11) is -4.08. The highest BCUT2D eigenvalue weighted by atomic mass is 32.2. The van der Waals surface area contributed by atoms with Gasteiger partial charge in [0.25, 0.3) is 10.0 Å². The van der Waals surface area contributed by atoms with E-state index in [1.54, 1.807) is 24.3 Å². The van der Waals surface area contributed by atoms with Gasteiger partial charge in [-0.2, -0.15) is 0 Å². The minimum Gasteiger partial charge on any atom is -0.369 e. The summed E-state index contributed by atoms with van der Waals surface area (Å²) in [5, 5.41) is 0. The Balaban J connectivity index is 1.20. The normalized spacial score (nSPS) is 14.5. The van der Waals surface area contributed by atoms with Gasteiger partial charge in [0.15, 0.2) is 0 Å². The number of nitrogens with one attached hydrogen (secondary N) is 1. The van der Waals surface area contributed by atoms with Crippen LogP contribution in [0.1, 0.15) is 30.1 Å². The standard InChI is InChI=1S/C28H30F3N3O4S/c29-23-7-3-21(4-8-23)27(22-5-9-24(30)10-6-22)38-20-2-1-15-33-16-18-34(19-17-33)28(35)32-39(36,37)26-13-11-25(31)12-14-26/h3-14,27H,1-2,15-20H2,(H,32,35). The number of carbonyl (C=O) groups is 1. The molecule has 0 unspecified atom stereocenters. The fourth-order valence-corrected chi connectivity index (χ4v) is 5.30. The Hall–Kier alpha value is -3.41. The smallest absolute Gasteiger partial charge is 0.331 e. The molecule has 1 aliphatic heterocycles. The van der Waals surface area contributed by atoms with Gasteiger partial charge >= 0.3 is 6.03 Å². The van der Waals surface area contributed by atoms with Gasteiger partial charge in [-0.25, -0.2) is 31.1 Å². The summed E-state index contributed by atoms with van der Waals surface area (Å²) in [6.45, 7) is 3.17. The zero-order valence-electron chi connectivity index (χ0n) is 21.2. The van der Waals surface area contributed by atoms with E-state index in [1.165, 1.54) is 29.2 Å². The summed E-state index contributed by atoms with van der Waals surface area (Å²) in [6.07, 6.45) is 1.15. The Bertz CT molecular complexity index is 1280. The predicted octanol–water partition coefficient (Wildman–Crippen LogP) is 4.71. The van der Waals surface area contributed by atoms with Gasteiger partial charge in [-0.15, -0.1) is 0 Å². The fourth-order valence-electron chi connectivity index (χ4n) is 4.33. The first-order chi connectivity index (χ1) is 18.7. The van der Waals surface area contributed by atoms with Gasteiger partial charge in [-0.05, 0) is 79.0 Å². The summed E-state index contributed by atoms with van der Waals surface area (Å²) in [5.74, 6) is -1.25. The van der Waals surface area contributed by atoms with Crippen LogP contribution in [0.15, 0.2) is 77.7 Å². The Morgan fingerprint density at radius 1 is 0.769 bits per heavy atom. The lowest BCUT2D eigenvalue weighted by Crippen LogP contribution is -2.52. The number of carbonyl (C=O) groups excluding carboxylic acids is 1. The molecule has 0 bridgehead atoms. The summed E-state index contributed by atoms with van der Waals surface area (Å²) < 4.78 is 72.8. The maximum Gasteiger partial charge on any atom is 0.331 e. The number of hydrogen-bond donors (Lipinski definition) is 1. The molecule has 3 aromatic rings. The number of benzene rings is 3. The van der Waals surface area contributed by atoms with E-state index in [2.05, 4.69) is 4.90 Å². The van der Waals surface area contributed by atoms with Gasteiger partial charge in [-0.3, -0.25) is 4.90 Å². The van der Waals surface area contributed by atoms with Crippen molar-refractivity contribution in [2.45, 2.75) is 23.8 Å². The lowest BCUT2D eigenvalue weighted by Gasteiger charge is -2.34. The van der Waals surface area contributed by atoms with Crippen molar-refractivity contribution in [3.05, 3.63) is 101 Å². The number of unbranched alkanes of at least 4 members (excludes halogenated alkanes) is 1. The first-order valence-corrected chi connectivity index (χ1v) is 14.1. The van der Waals surface area contributed by atoms with Crippen molar-refractivity contribution in [1.82, 2.24) is 14.5 Å². The van der Waals surface area contributed by atoms with Crippen LogP contribution in [0.5, 0.6) is 0 Å². The molecule has 0 aromatic heterocycles. The molecule has 1 fully saturated rings. The third-order valence-electron chi connectivity index (χ3n) is 6.50. The Morgan fingerprint density at radius 3 is 1.77 bits per heavy atom. The van der Waals surface area contributed by atoms with Gasteiger partial charge in [0.2, 0.25) is 0 Å². The van der Waals surface area contributed by atoms with Crippen LogP contribution in [0, 0.1) is 17.5 Å². The van der Waals surface area contributed by atoms with Gasteiger partial charge in [0.1, 0.15) is 23.6 Å². The molecule has 1 heterocycles. The molecule has 0 atom stereocenters. The summed E-state index contributed by atoms with van der Waals surface area (Å²) in [6, 6.07) is 15.6. The van der Waals surface area contributed by atoms with Gasteiger partial charge < -0.3 is 9.64 Å². The average Bonchev–Trinajstić information content (AvgIpc) is 2.92. The fraction of sp³-hybridized carbons (Fsp3) is 0.321. The molecule has 39 heavy (non-hydrogen) atoms. The number of halogens is 3. The molecule has 0 radical (unpaired) electrons. The predicted molar refractivity (Wildman–Crippen MR) is 140 cm³/mol. The van der Waals surface area contributed by atoms with E-state index in [4.69, 9.17) is 4.74 Å². The number of ether oxygens (including phenoxy) is 1. The Kier molecular flexibility index (Phi) is 9.60. The maximum absolute atomic E-state index is 13.4. The summed E-state index contributed by atoms with van der Waals surface area (Å²) in [4.78, 5) is 15.9. The highest BCUT2D eigenvalue weighted by Gasteiger charge is 2.25. The van der Waals surface area contributed by atoms with E-state index in [9.17, 15) is 26.4 Å². The molecule has 0 aliphatic carbocycles. The molecule has 0 spiro atoms. The minimum absolute atomic E-state index is 0.181. The Morgan fingerprint density at radius 2 is 1.26 bits per heavy atom. The van der Waals surface area contributed by atoms with E-state index >= 15 is 0 Å². The topological polar surface area (TPSA) is 79.0 Å². The molecule has 0 saturated carbocycles. The largest absolute Gasteiger partial charge is 0.369 e. The molecule has 1 aliphatic rings. The van der Waals surface area contributed by atoms with Crippen molar-refractivity contribution < 1.29 is 31.1 Å². The van der Waals surface area contributed by atoms with Crippen molar-refractivity contribution in [2.24, 2.45) is 0 Å². The maximum atomic E-state index is 13.4. The zero-order chi connectivity index (χ0) is 27.8. The second-order valence-corrected chi connectivity index (χ2v) is 10.9. The van der Waals surface area contributed by atoms with E-state index < -0.39 is 28.0 Å². The van der Waals surface area contributed by atoms with Crippen LogP contribution in [0.3, 0.4) is 0 Å². The first kappa shape index (κ1) is 28.6. The van der Waals surface area contributed by atoms with Gasteiger partial charge in [0, 0.05) is 32.8 Å². The second kappa shape index (κ2) is 13.1. The molecule has 7 nitrogen and oxygen atoms in total. The number of amides is 2. The van der Waals surface area contributed by atoms with Crippen LogP contribution >= 0.6 is 0 Å². The number of sulfonamides is 1. The Labute approximate surface area is 226 Å². The molecule has 3 aromatic carbocycles. The highest BCUT2D eigenvalue weighted by Crippen LogP contribution is 2.27. The third kappa shape index (κ3) is 8.04. The van der Waals surface area contributed by atoms with Crippen molar-refractivity contribution in [2.75, 3.05) is 39.3 Å². The molecule has 1 N–H and O–H groups in total. The average molecular weight is 562 g/mol. The number of rotatable bonds is 10. The van der Waals surface area contributed by atoms with Crippen LogP contribution in [-0.2, 0) is 14.8 Å². The SMILES string of the molecule is O=C(NS(=O)(=O)c1ccc(F)cc1)N1CCN(CCCCOC(c2ccc(F)cc2)c2ccc(F)cc2)CC1. The summed E-state index contributed by atoms with van der Waals surface area (Å²) in [5.41, 5.74) is 1.55. The number of piperazine rings is 1. The van der Waals surface area contributed by atoms with Gasteiger partial charge in [-0.1, -0.05) is 24.3 Å². The van der Waals surface area contributed by atoms with E-state index in [1.807, 2.05) is 4.72 Å². The summed E-state index contributed by atoms with van der Waals surface area (Å²) >= 11 is 0. The van der Waals surface area contributed by atoms with Crippen LogP contribution in [0.25, 0.3) is 0 Å². The molecule has 208 valence electrons. The monoisotopic (exact) mass is 561 g/mol. The van der Waals surface area contributed by atoms with Gasteiger partial charge in [0.05, 0.1) is 4.90 Å². The van der Waals surface area contributed by atoms with Crippen molar-refractivity contribution in [1.29, 1.82) is 0 Å². The van der Waals surface area contributed by atoms with E-state index in [-0.39, 0.29) is 16.5 Å². The molecule has 11 heteroatoms. The van der Waals surface area contributed by atoms with Crippen LogP contribution in [0.4, 0.5) is 18.0 Å². The highest BCUT2D eigenvalue weighted by molar-refractivity contribution is 7.90. The molecule has 2 amide bonds. The number of hydrogen-bond acceptors (Lipinski definition) is 5. The molecule has 4 rings (SSSR count). The molecule has 1 saturated heterocycles.